The Balaban J connectivity index is 2.93. The van der Waals surface area contributed by atoms with E-state index in [-0.39, 0.29) is 0 Å². The molecule has 21 heavy (non-hydrogen) atoms. The van der Waals surface area contributed by atoms with Crippen molar-refractivity contribution in [2.24, 2.45) is 0 Å². The number of nitrogens with one attached hydrogen (secondary N) is 1. The molecule has 124 valence electrons. The molecule has 0 aliphatic carbocycles. The highest BCUT2D eigenvalue weighted by molar-refractivity contribution is 7.52. The smallest absolute Gasteiger partial charge is 0.353 e. The lowest BCUT2D eigenvalue weighted by Gasteiger charge is -2.43. The first kappa shape index (κ1) is 18.5. The summed E-state index contributed by atoms with van der Waals surface area (Å²) in [7, 11) is -4.79. The number of amides is 1. The van der Waals surface area contributed by atoms with Crippen molar-refractivity contribution < 1.29 is 44.3 Å². The van der Waals surface area contributed by atoms with Gasteiger partial charge in [-0.3, -0.25) is 9.36 Å². The maximum atomic E-state index is 11.1. The first-order chi connectivity index (χ1) is 9.57. The number of carbonyl (C=O) groups excluding carboxylic acids is 1. The minimum Gasteiger partial charge on any atom is -0.394 e. The summed E-state index contributed by atoms with van der Waals surface area (Å²) in [5.74, 6) is -2.62. The van der Waals surface area contributed by atoms with Crippen LogP contribution in [0.5, 0.6) is 0 Å². The van der Waals surface area contributed by atoms with Crippen LogP contribution in [-0.4, -0.2) is 79.0 Å². The molecule has 0 aromatic heterocycles. The van der Waals surface area contributed by atoms with E-state index in [1.165, 1.54) is 0 Å². The van der Waals surface area contributed by atoms with E-state index in [1.54, 1.807) is 0 Å². The van der Waals surface area contributed by atoms with Crippen LogP contribution < -0.4 is 5.32 Å². The van der Waals surface area contributed by atoms with E-state index in [4.69, 9.17) is 19.6 Å². The van der Waals surface area contributed by atoms with Crippen molar-refractivity contribution in [3.8, 4) is 0 Å². The van der Waals surface area contributed by atoms with Gasteiger partial charge in [0.1, 0.15) is 18.3 Å². The minimum atomic E-state index is -4.79. The number of ether oxygens (including phenoxy) is 1. The average molecular weight is 329 g/mol. The van der Waals surface area contributed by atoms with Crippen molar-refractivity contribution in [3.05, 3.63) is 0 Å². The number of hydrogen-bond acceptors (Lipinski definition) is 7. The summed E-state index contributed by atoms with van der Waals surface area (Å²) in [4.78, 5) is 28.9. The van der Waals surface area contributed by atoms with Gasteiger partial charge in [0.2, 0.25) is 5.91 Å². The maximum Gasteiger partial charge on any atom is 0.353 e. The number of hydrogen-bond donors (Lipinski definition) is 7. The third-order valence-corrected chi connectivity index (χ3v) is 4.22. The molecule has 6 atom stereocenters. The van der Waals surface area contributed by atoms with Crippen LogP contribution >= 0.6 is 7.60 Å². The second kappa shape index (κ2) is 7.12. The van der Waals surface area contributed by atoms with Gasteiger partial charge in [-0.2, -0.15) is 0 Å². The van der Waals surface area contributed by atoms with E-state index in [0.717, 1.165) is 6.92 Å². The van der Waals surface area contributed by atoms with Crippen LogP contribution in [-0.2, 0) is 14.1 Å². The molecular formula is C10H20NO9P. The quantitative estimate of drug-likeness (QED) is 0.257. The normalized spacial score (nSPS) is 35.3. The molecule has 0 aromatic rings. The van der Waals surface area contributed by atoms with Gasteiger partial charge in [0.25, 0.3) is 0 Å². The van der Waals surface area contributed by atoms with E-state index >= 15 is 0 Å². The molecule has 1 amide bonds. The summed E-state index contributed by atoms with van der Waals surface area (Å²) < 4.78 is 16.2. The van der Waals surface area contributed by atoms with Crippen molar-refractivity contribution >= 4 is 13.5 Å². The lowest BCUT2D eigenvalue weighted by molar-refractivity contribution is -0.199. The van der Waals surface area contributed by atoms with Crippen molar-refractivity contribution in [2.75, 3.05) is 6.61 Å². The molecule has 0 radical (unpaired) electrons. The third kappa shape index (κ3) is 4.70. The Hall–Kier alpha value is -0.580. The van der Waals surface area contributed by atoms with Crippen LogP contribution in [0.15, 0.2) is 0 Å². The van der Waals surface area contributed by atoms with Gasteiger partial charge in [0.15, 0.2) is 5.85 Å². The topological polar surface area (TPSA) is 177 Å². The molecule has 1 aliphatic heterocycles. The molecule has 1 saturated heterocycles. The second-order valence-corrected chi connectivity index (χ2v) is 6.68. The zero-order chi connectivity index (χ0) is 16.4. The van der Waals surface area contributed by atoms with Gasteiger partial charge in [-0.05, 0) is 0 Å². The van der Waals surface area contributed by atoms with Gasteiger partial charge < -0.3 is 40.3 Å². The highest BCUT2D eigenvalue weighted by Crippen LogP contribution is 2.43. The number of rotatable bonds is 5. The summed E-state index contributed by atoms with van der Waals surface area (Å²) >= 11 is 0. The van der Waals surface area contributed by atoms with Gasteiger partial charge in [-0.15, -0.1) is 0 Å². The predicted molar refractivity (Wildman–Crippen MR) is 68.0 cm³/mol. The summed E-state index contributed by atoms with van der Waals surface area (Å²) in [5.41, 5.74) is 0. The lowest BCUT2D eigenvalue weighted by Crippen LogP contribution is -2.64. The third-order valence-electron chi connectivity index (χ3n) is 3.23. The fraction of sp³-hybridized carbons (Fsp3) is 0.900. The molecule has 0 aromatic carbocycles. The van der Waals surface area contributed by atoms with Crippen LogP contribution in [0.1, 0.15) is 13.3 Å². The molecule has 1 fully saturated rings. The van der Waals surface area contributed by atoms with Crippen LogP contribution in [0.4, 0.5) is 0 Å². The Kier molecular flexibility index (Phi) is 6.26. The van der Waals surface area contributed by atoms with Crippen molar-refractivity contribution in [1.82, 2.24) is 5.32 Å². The summed E-state index contributed by atoms with van der Waals surface area (Å²) in [6.45, 7) is 0.501. The van der Waals surface area contributed by atoms with Crippen molar-refractivity contribution in [2.45, 2.75) is 49.6 Å². The van der Waals surface area contributed by atoms with E-state index in [1.807, 2.05) is 0 Å². The average Bonchev–Trinajstić information content (AvgIpc) is 2.36. The van der Waals surface area contributed by atoms with E-state index in [0.29, 0.717) is 0 Å². The maximum absolute atomic E-state index is 11.1. The molecule has 1 rings (SSSR count). The molecule has 1 unspecified atom stereocenters. The molecule has 1 heterocycles. The molecule has 11 heteroatoms. The fourth-order valence-corrected chi connectivity index (χ4v) is 2.64. The van der Waals surface area contributed by atoms with Gasteiger partial charge >= 0.3 is 7.60 Å². The number of aliphatic hydroxyl groups excluding tert-OH is 4. The molecule has 7 N–H and O–H groups in total. The standard InChI is InChI=1S/C10H20NO9P/c1-4(13)11-8-5(2-7(14)21(17,18)19)20-6(3-12)9(15)10(8)16/h5-10,12,14-16H,2-3H2,1H3,(H,11,13)(H2,17,18,19)/t5-,6-,7?,8+,9-,10-/m1/s1. The summed E-state index contributed by atoms with van der Waals surface area (Å²) in [6.07, 6.45) is -5.98. The molecule has 0 spiro atoms. The van der Waals surface area contributed by atoms with Crippen LogP contribution in [0.25, 0.3) is 0 Å². The Labute approximate surface area is 120 Å². The zero-order valence-electron chi connectivity index (χ0n) is 11.2. The Bertz CT molecular complexity index is 413. The first-order valence-electron chi connectivity index (χ1n) is 6.20. The molecule has 0 bridgehead atoms. The van der Waals surface area contributed by atoms with Gasteiger partial charge in [0.05, 0.1) is 18.8 Å². The zero-order valence-corrected chi connectivity index (χ0v) is 12.1. The lowest BCUT2D eigenvalue weighted by atomic mass is 9.91. The predicted octanol–water partition coefficient (Wildman–Crippen LogP) is -3.14. The Morgan fingerprint density at radius 1 is 1.29 bits per heavy atom. The minimum absolute atomic E-state index is 0.562. The van der Waals surface area contributed by atoms with Gasteiger partial charge in [-0.25, -0.2) is 0 Å². The largest absolute Gasteiger partial charge is 0.394 e. The summed E-state index contributed by atoms with van der Waals surface area (Å²) in [5, 5.41) is 40.5. The molecule has 10 nitrogen and oxygen atoms in total. The first-order valence-corrected chi connectivity index (χ1v) is 7.89. The van der Waals surface area contributed by atoms with Crippen LogP contribution in [0, 0.1) is 0 Å². The number of aliphatic hydroxyl groups is 4. The number of carbonyl (C=O) groups is 1. The SMILES string of the molecule is CC(=O)N[C@@H]1[C@@H](O)[C@H](O)[C@@H](CO)O[C@@H]1CC(O)P(=O)(O)O. The monoisotopic (exact) mass is 329 g/mol. The Morgan fingerprint density at radius 2 is 1.86 bits per heavy atom. The highest BCUT2D eigenvalue weighted by atomic mass is 31.2. The fourth-order valence-electron chi connectivity index (χ4n) is 2.15. The van der Waals surface area contributed by atoms with Crippen molar-refractivity contribution in [1.29, 1.82) is 0 Å². The van der Waals surface area contributed by atoms with Gasteiger partial charge in [0, 0.05) is 13.3 Å². The molecule has 1 aliphatic rings. The van der Waals surface area contributed by atoms with Gasteiger partial charge in [-0.1, -0.05) is 0 Å². The van der Waals surface area contributed by atoms with Crippen LogP contribution in [0.3, 0.4) is 0 Å². The van der Waals surface area contributed by atoms with E-state index in [2.05, 4.69) is 5.32 Å². The van der Waals surface area contributed by atoms with E-state index < -0.39 is 62.8 Å². The Morgan fingerprint density at radius 3 is 2.29 bits per heavy atom. The molecule has 0 saturated carbocycles. The second-order valence-electron chi connectivity index (χ2n) is 4.91. The molecular weight excluding hydrogens is 309 g/mol. The van der Waals surface area contributed by atoms with E-state index in [9.17, 15) is 24.7 Å². The summed E-state index contributed by atoms with van der Waals surface area (Å²) in [6, 6.07) is -1.18. The highest BCUT2D eigenvalue weighted by Gasteiger charge is 2.46. The van der Waals surface area contributed by atoms with Crippen molar-refractivity contribution in [3.63, 3.8) is 0 Å². The van der Waals surface area contributed by atoms with Crippen LogP contribution in [0.2, 0.25) is 0 Å².